The highest BCUT2D eigenvalue weighted by atomic mass is 32.2. The second-order valence-electron chi connectivity index (χ2n) is 27.0. The Hall–Kier alpha value is -8.38. The van der Waals surface area contributed by atoms with E-state index in [1.807, 2.05) is 6.92 Å². The number of nitrogens with one attached hydrogen (secondary N) is 5. The van der Waals surface area contributed by atoms with Crippen molar-refractivity contribution in [1.29, 1.82) is 0 Å². The summed E-state index contributed by atoms with van der Waals surface area (Å²) < 4.78 is 30.8. The Morgan fingerprint density at radius 2 is 1.41 bits per heavy atom. The molecule has 4 aliphatic rings. The fourth-order valence-corrected chi connectivity index (χ4v) is 14.1. The summed E-state index contributed by atoms with van der Waals surface area (Å²) in [5.41, 5.74) is 0.719. The SMILES string of the molecule is CCC[C@@H]([C@@H](CC(=O)N1CCC[C@H]1[C@H](OC)[C@@H](C)C(=O)N[C@@H](C)C(=O)c1ccc(F)cc1)OC)N(C)C(=O)CNC(=O)C(C(C)C)N(C)C(=O)OCc1ccc(NC(=O)CNC(=O)C(NC(=O)CCCCCN2C(=O)CC(SCC3(CC(=O)ON4C(=O)CCC4=O)CC3)C2=O)C(C)C)cc1. The van der Waals surface area contributed by atoms with Gasteiger partial charge in [-0.2, -0.15) is 0 Å². The molecule has 3 heterocycles. The fraction of sp³-hybridized carbons (Fsp3) is 0.629. The largest absolute Gasteiger partial charge is 0.445 e. The summed E-state index contributed by atoms with van der Waals surface area (Å²) >= 11 is 1.31. The standard InChI is InChI=1S/C70H99FN10O18S/c1-12-17-49(51(96-10)34-57(86)79-33-16-18-50(79)64(97-11)43(6)65(91)74-44(7)63(90)46-22-24-47(71)25-23-46)77(8)59(88)38-73-67(93)62(42(4)5)78(9)69(95)98-39-45-20-26-48(27-21-45)75-54(83)37-72-66(92)61(41(2)3)76-53(82)19-14-13-15-32-80-58(87)35-52(68(80)94)100-40-70(30-31-70)36-60(89)99-81-55(84)28-29-56(81)85/h20-27,41-44,49-52,61-62,64H,12-19,28-40H2,1-11H3,(H,72,92)(H,73,93)(H,74,91)(H,75,83)(H,76,82)/t43-,44+,49+,50+,51-,52?,61?,62?,64-/m1/s1. The van der Waals surface area contributed by atoms with Gasteiger partial charge in [-0.25, -0.2) is 14.0 Å². The van der Waals surface area contributed by atoms with E-state index in [9.17, 15) is 71.5 Å². The van der Waals surface area contributed by atoms with Gasteiger partial charge < -0.3 is 55.4 Å². The zero-order chi connectivity index (χ0) is 73.7. The maximum atomic E-state index is 14.2. The monoisotopic (exact) mass is 1420 g/mol. The number of thioether (sulfide) groups is 1. The van der Waals surface area contributed by atoms with Crippen LogP contribution in [0.3, 0.4) is 0 Å². The van der Waals surface area contributed by atoms with Crippen LogP contribution in [0.2, 0.25) is 0 Å². The number of nitrogens with zero attached hydrogens (tertiary/aromatic N) is 5. The quantitative estimate of drug-likeness (QED) is 0.0334. The first kappa shape index (κ1) is 80.6. The normalized spacial score (nSPS) is 18.5. The van der Waals surface area contributed by atoms with Gasteiger partial charge in [0.2, 0.25) is 53.2 Å². The van der Waals surface area contributed by atoms with Crippen LogP contribution in [0.25, 0.3) is 0 Å². The minimum Gasteiger partial charge on any atom is -0.445 e. The molecule has 0 radical (unpaired) electrons. The molecule has 1 aliphatic carbocycles. The maximum Gasteiger partial charge on any atom is 0.410 e. The first-order chi connectivity index (χ1) is 47.4. The molecule has 4 fully saturated rings. The second kappa shape index (κ2) is 37.9. The molecule has 1 saturated carbocycles. The number of ether oxygens (including phenoxy) is 3. The van der Waals surface area contributed by atoms with Crippen molar-refractivity contribution in [2.45, 2.75) is 199 Å². The zero-order valence-electron chi connectivity index (χ0n) is 59.2. The number of ketones is 1. The topological polar surface area (TPSA) is 352 Å². The number of hydrogen-bond donors (Lipinski definition) is 5. The average molecular weight is 1420 g/mol. The van der Waals surface area contributed by atoms with Crippen LogP contribution in [0.4, 0.5) is 14.9 Å². The number of unbranched alkanes of at least 4 members (excludes halogenated alkanes) is 2. The number of likely N-dealkylation sites (tertiary alicyclic amines) is 2. The van der Waals surface area contributed by atoms with Gasteiger partial charge in [0, 0.05) is 84.1 Å². The van der Waals surface area contributed by atoms with Crippen LogP contribution in [-0.4, -0.2) is 215 Å². The summed E-state index contributed by atoms with van der Waals surface area (Å²) in [7, 11) is 5.88. The summed E-state index contributed by atoms with van der Waals surface area (Å²) in [4.78, 5) is 194. The van der Waals surface area contributed by atoms with Gasteiger partial charge in [0.25, 0.3) is 11.8 Å². The third-order valence-electron chi connectivity index (χ3n) is 18.7. The lowest BCUT2D eigenvalue weighted by Crippen LogP contribution is -2.54. The van der Waals surface area contributed by atoms with Crippen LogP contribution in [0, 0.1) is 29.0 Å². The van der Waals surface area contributed by atoms with Gasteiger partial charge in [-0.3, -0.25) is 67.3 Å². The smallest absolute Gasteiger partial charge is 0.410 e. The molecule has 100 heavy (non-hydrogen) atoms. The third-order valence-corrected chi connectivity index (χ3v) is 20.3. The first-order valence-corrected chi connectivity index (χ1v) is 35.3. The Kier molecular flexibility index (Phi) is 30.5. The third kappa shape index (κ3) is 22.6. The molecule has 0 bridgehead atoms. The molecule has 0 spiro atoms. The van der Waals surface area contributed by atoms with Crippen molar-refractivity contribution in [3.8, 4) is 0 Å². The van der Waals surface area contributed by atoms with E-state index in [0.717, 1.165) is 4.90 Å². The average Bonchev–Trinajstić information content (AvgIpc) is 1.63. The number of amides is 12. The van der Waals surface area contributed by atoms with Crippen molar-refractivity contribution in [2.24, 2.45) is 23.2 Å². The zero-order valence-corrected chi connectivity index (χ0v) is 60.0. The number of carbonyl (C=O) groups is 14. The van der Waals surface area contributed by atoms with Gasteiger partial charge >= 0.3 is 12.1 Å². The van der Waals surface area contributed by atoms with E-state index in [-0.39, 0.29) is 80.9 Å². The van der Waals surface area contributed by atoms with E-state index in [4.69, 9.17) is 19.0 Å². The van der Waals surface area contributed by atoms with E-state index >= 15 is 0 Å². The predicted octanol–water partition coefficient (Wildman–Crippen LogP) is 4.99. The van der Waals surface area contributed by atoms with E-state index in [1.165, 1.54) is 74.0 Å². The predicted molar refractivity (Wildman–Crippen MR) is 364 cm³/mol. The molecule has 30 heteroatoms. The fourth-order valence-electron chi connectivity index (χ4n) is 12.6. The summed E-state index contributed by atoms with van der Waals surface area (Å²) in [6, 6.07) is 7.38. The maximum absolute atomic E-state index is 14.2. The molecule has 28 nitrogen and oxygen atoms in total. The lowest BCUT2D eigenvalue weighted by molar-refractivity contribution is -0.198. The van der Waals surface area contributed by atoms with Crippen molar-refractivity contribution in [1.82, 2.24) is 45.9 Å². The minimum atomic E-state index is -1.06. The number of hydroxylamine groups is 2. The number of hydrogen-bond acceptors (Lipinski definition) is 19. The number of imide groups is 2. The van der Waals surface area contributed by atoms with E-state index in [2.05, 4.69) is 26.6 Å². The van der Waals surface area contributed by atoms with Crippen LogP contribution in [0.15, 0.2) is 48.5 Å². The number of benzene rings is 2. The van der Waals surface area contributed by atoms with Crippen molar-refractivity contribution in [2.75, 3.05) is 65.6 Å². The summed E-state index contributed by atoms with van der Waals surface area (Å²) in [6.45, 7) is 11.6. The van der Waals surface area contributed by atoms with Crippen molar-refractivity contribution >= 4 is 100 Å². The Morgan fingerprint density at radius 1 is 0.750 bits per heavy atom. The molecule has 2 aromatic rings. The van der Waals surface area contributed by atoms with Crippen molar-refractivity contribution in [3.63, 3.8) is 0 Å². The highest BCUT2D eigenvalue weighted by molar-refractivity contribution is 8.00. The van der Waals surface area contributed by atoms with E-state index in [1.54, 1.807) is 70.8 Å². The number of methoxy groups -OCH3 is 2. The van der Waals surface area contributed by atoms with Gasteiger partial charge in [0.1, 0.15) is 24.5 Å². The Balaban J connectivity index is 0.876. The number of rotatable bonds is 39. The molecule has 5 N–H and O–H groups in total. The Labute approximate surface area is 587 Å². The Bertz CT molecular complexity index is 3260. The lowest BCUT2D eigenvalue weighted by Gasteiger charge is -2.37. The number of anilines is 1. The van der Waals surface area contributed by atoms with Crippen LogP contribution in [0.5, 0.6) is 0 Å². The first-order valence-electron chi connectivity index (χ1n) is 34.3. The van der Waals surface area contributed by atoms with Crippen molar-refractivity contribution in [3.05, 3.63) is 65.5 Å². The van der Waals surface area contributed by atoms with Gasteiger partial charge in [0.15, 0.2) is 5.78 Å². The molecule has 9 atom stereocenters. The molecule has 0 aromatic heterocycles. The summed E-state index contributed by atoms with van der Waals surface area (Å²) in [5, 5.41) is 13.3. The summed E-state index contributed by atoms with van der Waals surface area (Å²) in [6.07, 6.45) is 2.68. The Morgan fingerprint density at radius 3 is 2.02 bits per heavy atom. The molecule has 3 saturated heterocycles. The molecule has 3 unspecified atom stereocenters. The van der Waals surface area contributed by atoms with Crippen molar-refractivity contribution < 1.29 is 90.6 Å². The number of halogens is 1. The molecule has 2 aromatic carbocycles. The van der Waals surface area contributed by atoms with Crippen LogP contribution in [0.1, 0.15) is 161 Å². The number of carbonyl (C=O) groups excluding carboxylic acids is 14. The number of likely N-dealkylation sites (N-methyl/N-ethyl adjacent to an activating group) is 2. The van der Waals surface area contributed by atoms with Crippen LogP contribution in [-0.2, 0) is 83.2 Å². The summed E-state index contributed by atoms with van der Waals surface area (Å²) in [5.74, 6) is -7.78. The van der Waals surface area contributed by atoms with Gasteiger partial charge in [-0.15, -0.1) is 16.8 Å². The molecule has 3 aliphatic heterocycles. The molecule has 550 valence electrons. The van der Waals surface area contributed by atoms with Gasteiger partial charge in [-0.05, 0) is 111 Å². The molecule has 12 amide bonds. The molecular formula is C70H99FN10O18S. The lowest BCUT2D eigenvalue weighted by atomic mass is 9.93. The molecular weight excluding hydrogens is 1320 g/mol. The highest BCUT2D eigenvalue weighted by Gasteiger charge is 2.49. The van der Waals surface area contributed by atoms with Crippen LogP contribution >= 0.6 is 11.8 Å². The second-order valence-corrected chi connectivity index (χ2v) is 28.2. The van der Waals surface area contributed by atoms with Gasteiger partial charge in [-0.1, -0.05) is 66.5 Å². The number of Topliss-reactive ketones (excluding diaryl/α,β-unsaturated/α-hetero) is 1. The minimum absolute atomic E-state index is 0.00838. The van der Waals surface area contributed by atoms with E-state index in [0.29, 0.717) is 86.4 Å². The van der Waals surface area contributed by atoms with E-state index < -0.39 is 149 Å². The van der Waals surface area contributed by atoms with Crippen LogP contribution < -0.4 is 26.6 Å². The molecule has 6 rings (SSSR count). The highest BCUT2D eigenvalue weighted by Crippen LogP contribution is 2.52. The van der Waals surface area contributed by atoms with Gasteiger partial charge in [0.05, 0.1) is 67.4 Å².